The Labute approximate surface area is 210 Å². The van der Waals surface area contributed by atoms with Gasteiger partial charge < -0.3 is 36.8 Å². The highest BCUT2D eigenvalue weighted by molar-refractivity contribution is 6.61. The molecule has 0 aliphatic heterocycles. The van der Waals surface area contributed by atoms with Crippen molar-refractivity contribution in [3.05, 3.63) is 0 Å². The molecule has 0 saturated carbocycles. The summed E-state index contributed by atoms with van der Waals surface area (Å²) in [5, 5.41) is 19.2. The average molecular weight is 528 g/mol. The molecule has 11 heteroatoms. The lowest BCUT2D eigenvalue weighted by molar-refractivity contribution is 0.0670. The van der Waals surface area contributed by atoms with Crippen molar-refractivity contribution < 1.29 is 36.8 Å². The van der Waals surface area contributed by atoms with Crippen LogP contribution in [0.25, 0.3) is 0 Å². The number of hydrogen-bond donors (Lipinski definition) is 2. The Morgan fingerprint density at radius 1 is 0.559 bits per heavy atom. The van der Waals surface area contributed by atoms with E-state index >= 15 is 0 Å². The summed E-state index contributed by atoms with van der Waals surface area (Å²) in [6.07, 6.45) is 3.56. The van der Waals surface area contributed by atoms with Crippen molar-refractivity contribution in [2.45, 2.75) is 85.4 Å². The number of nitrogens with zero attached hydrogens (tertiary/aromatic N) is 1. The van der Waals surface area contributed by atoms with Crippen LogP contribution in [0.15, 0.2) is 0 Å². The Kier molecular flexibility index (Phi) is 21.2. The second-order valence-corrected chi connectivity index (χ2v) is 13.3. The lowest BCUT2D eigenvalue weighted by atomic mass is 10.0. The van der Waals surface area contributed by atoms with Crippen LogP contribution in [0, 0.1) is 0 Å². The minimum atomic E-state index is -2.70. The Morgan fingerprint density at radius 2 is 0.853 bits per heavy atom. The molecule has 0 spiro atoms. The highest BCUT2D eigenvalue weighted by atomic mass is 28.4. The number of rotatable bonds is 25. The van der Waals surface area contributed by atoms with Crippen LogP contribution in [0.3, 0.4) is 0 Å². The summed E-state index contributed by atoms with van der Waals surface area (Å²) in [4.78, 5) is 2.18. The molecule has 0 heterocycles. The van der Waals surface area contributed by atoms with E-state index in [0.717, 1.165) is 37.8 Å². The number of hydrogen-bond acceptors (Lipinski definition) is 9. The maximum absolute atomic E-state index is 9.61. The minimum Gasteiger partial charge on any atom is -0.395 e. The molecular formula is C23H53NO8Si2. The molecule has 34 heavy (non-hydrogen) atoms. The summed E-state index contributed by atoms with van der Waals surface area (Å²) in [7, 11) is -5.40. The van der Waals surface area contributed by atoms with Gasteiger partial charge in [-0.15, -0.1) is 0 Å². The predicted octanol–water partition coefficient (Wildman–Crippen LogP) is 3.30. The van der Waals surface area contributed by atoms with Crippen LogP contribution < -0.4 is 0 Å². The third-order valence-electron chi connectivity index (χ3n) is 5.52. The molecule has 0 aromatic carbocycles. The van der Waals surface area contributed by atoms with E-state index in [-0.39, 0.29) is 19.3 Å². The van der Waals surface area contributed by atoms with Gasteiger partial charge in [-0.05, 0) is 67.2 Å². The summed E-state index contributed by atoms with van der Waals surface area (Å²) in [6.45, 7) is 16.4. The van der Waals surface area contributed by atoms with Crippen molar-refractivity contribution in [1.82, 2.24) is 4.90 Å². The number of aliphatic hydroxyl groups is 2. The van der Waals surface area contributed by atoms with Gasteiger partial charge in [0.1, 0.15) is 0 Å². The van der Waals surface area contributed by atoms with Crippen LogP contribution in [0.1, 0.15) is 67.2 Å². The molecular weight excluding hydrogens is 474 g/mol. The van der Waals surface area contributed by atoms with Crippen molar-refractivity contribution in [2.24, 2.45) is 0 Å². The first-order valence-electron chi connectivity index (χ1n) is 13.2. The molecule has 0 aromatic heterocycles. The molecule has 0 saturated heterocycles. The van der Waals surface area contributed by atoms with E-state index in [2.05, 4.69) is 4.90 Å². The summed E-state index contributed by atoms with van der Waals surface area (Å²) in [6, 6.07) is 1.70. The lowest BCUT2D eigenvalue weighted by Crippen LogP contribution is -2.47. The van der Waals surface area contributed by atoms with E-state index < -0.39 is 17.6 Å². The topological polar surface area (TPSA) is 99.1 Å². The van der Waals surface area contributed by atoms with Crippen LogP contribution in [-0.2, 0) is 26.6 Å². The van der Waals surface area contributed by atoms with Gasteiger partial charge in [0, 0.05) is 70.9 Å². The standard InChI is InChI=1S/C23H53NO8Si2/c1-7-27-33(28-8-2,29-9-3)21-13-15-23(24(17-19-25)18-20-26)16-14-22-34(30-10-4,31-11-5)32-12-6/h23,25-26H,7-22H2,1-6H3. The normalized spacial score (nSPS) is 12.9. The zero-order valence-corrected chi connectivity index (χ0v) is 24.7. The molecule has 0 fully saturated rings. The van der Waals surface area contributed by atoms with Crippen LogP contribution in [-0.4, -0.2) is 105 Å². The van der Waals surface area contributed by atoms with Gasteiger partial charge in [-0.3, -0.25) is 4.90 Å². The molecule has 0 unspecified atom stereocenters. The SMILES string of the molecule is CCO[Si](CCCC(CCC[Si](OCC)(OCC)OCC)N(CCO)CCO)(OCC)OCC. The van der Waals surface area contributed by atoms with Gasteiger partial charge >= 0.3 is 17.6 Å². The minimum absolute atomic E-state index is 0.0571. The van der Waals surface area contributed by atoms with E-state index in [1.807, 2.05) is 41.5 Å². The van der Waals surface area contributed by atoms with Gasteiger partial charge in [0.2, 0.25) is 0 Å². The first kappa shape index (κ1) is 34.1. The van der Waals surface area contributed by atoms with Crippen molar-refractivity contribution in [3.8, 4) is 0 Å². The van der Waals surface area contributed by atoms with Crippen molar-refractivity contribution in [2.75, 3.05) is 65.9 Å². The Balaban J connectivity index is 5.33. The fraction of sp³-hybridized carbons (Fsp3) is 1.00. The van der Waals surface area contributed by atoms with Crippen LogP contribution in [0.5, 0.6) is 0 Å². The Hall–Kier alpha value is 0.0738. The fourth-order valence-corrected chi connectivity index (χ4v) is 9.63. The largest absolute Gasteiger partial charge is 0.500 e. The third kappa shape index (κ3) is 13.4. The van der Waals surface area contributed by atoms with Crippen LogP contribution in [0.4, 0.5) is 0 Å². The molecule has 0 amide bonds. The van der Waals surface area contributed by atoms with E-state index in [4.69, 9.17) is 26.6 Å². The maximum atomic E-state index is 9.61. The predicted molar refractivity (Wildman–Crippen MR) is 139 cm³/mol. The first-order valence-corrected chi connectivity index (χ1v) is 17.1. The van der Waals surface area contributed by atoms with E-state index in [9.17, 15) is 10.2 Å². The molecule has 0 bridgehead atoms. The molecule has 0 aliphatic carbocycles. The van der Waals surface area contributed by atoms with E-state index in [0.29, 0.717) is 52.7 Å². The van der Waals surface area contributed by atoms with Gasteiger partial charge in [-0.1, -0.05) is 0 Å². The molecule has 2 N–H and O–H groups in total. The van der Waals surface area contributed by atoms with Crippen molar-refractivity contribution >= 4 is 17.6 Å². The van der Waals surface area contributed by atoms with Gasteiger partial charge in [0.25, 0.3) is 0 Å². The van der Waals surface area contributed by atoms with Gasteiger partial charge in [0.05, 0.1) is 13.2 Å². The maximum Gasteiger partial charge on any atom is 0.500 e. The zero-order valence-electron chi connectivity index (χ0n) is 22.7. The van der Waals surface area contributed by atoms with Crippen molar-refractivity contribution in [3.63, 3.8) is 0 Å². The zero-order chi connectivity index (χ0) is 25.7. The van der Waals surface area contributed by atoms with Crippen LogP contribution in [0.2, 0.25) is 12.1 Å². The highest BCUT2D eigenvalue weighted by Gasteiger charge is 2.41. The van der Waals surface area contributed by atoms with Gasteiger partial charge in [0.15, 0.2) is 0 Å². The van der Waals surface area contributed by atoms with Crippen molar-refractivity contribution in [1.29, 1.82) is 0 Å². The summed E-state index contributed by atoms with van der Waals surface area (Å²) < 4.78 is 36.1. The molecule has 9 nitrogen and oxygen atoms in total. The molecule has 0 aromatic rings. The smallest absolute Gasteiger partial charge is 0.395 e. The summed E-state index contributed by atoms with van der Waals surface area (Å²) in [5.41, 5.74) is 0. The Bertz CT molecular complexity index is 393. The van der Waals surface area contributed by atoms with Gasteiger partial charge in [-0.25, -0.2) is 0 Å². The Morgan fingerprint density at radius 3 is 1.09 bits per heavy atom. The van der Waals surface area contributed by atoms with E-state index in [1.165, 1.54) is 0 Å². The monoisotopic (exact) mass is 527 g/mol. The lowest BCUT2D eigenvalue weighted by Gasteiger charge is -2.34. The second kappa shape index (κ2) is 21.2. The second-order valence-electron chi connectivity index (χ2n) is 7.89. The van der Waals surface area contributed by atoms with E-state index in [1.54, 1.807) is 0 Å². The van der Waals surface area contributed by atoms with Gasteiger partial charge in [-0.2, -0.15) is 0 Å². The molecule has 0 aliphatic rings. The molecule has 0 atom stereocenters. The highest BCUT2D eigenvalue weighted by Crippen LogP contribution is 2.25. The third-order valence-corrected chi connectivity index (χ3v) is 11.8. The number of aliphatic hydroxyl groups excluding tert-OH is 2. The summed E-state index contributed by atoms with van der Waals surface area (Å²) in [5.74, 6) is 0. The molecule has 0 rings (SSSR count). The van der Waals surface area contributed by atoms with Crippen LogP contribution >= 0.6 is 0 Å². The average Bonchev–Trinajstić information content (AvgIpc) is 2.79. The quantitative estimate of drug-likeness (QED) is 0.173. The fourth-order valence-electron chi connectivity index (χ4n) is 4.35. The molecule has 206 valence electrons. The first-order chi connectivity index (χ1) is 16.5. The summed E-state index contributed by atoms with van der Waals surface area (Å²) >= 11 is 0. The molecule has 0 radical (unpaired) electrons.